The van der Waals surface area contributed by atoms with Gasteiger partial charge < -0.3 is 10.6 Å². The van der Waals surface area contributed by atoms with E-state index in [9.17, 15) is 4.79 Å². The Morgan fingerprint density at radius 3 is 2.79 bits per heavy atom. The first-order valence-electron chi connectivity index (χ1n) is 8.73. The van der Waals surface area contributed by atoms with Crippen LogP contribution < -0.4 is 16.0 Å². The highest BCUT2D eigenvalue weighted by molar-refractivity contribution is 7.22. The average Bonchev–Trinajstić information content (AvgIpc) is 3.36. The molecule has 1 amide bonds. The van der Waals surface area contributed by atoms with Gasteiger partial charge >= 0.3 is 0 Å². The minimum absolute atomic E-state index is 0.213. The molecule has 4 aromatic rings. The van der Waals surface area contributed by atoms with Crippen LogP contribution in [0.5, 0.6) is 0 Å². The van der Waals surface area contributed by atoms with Gasteiger partial charge in [0, 0.05) is 19.8 Å². The molecule has 0 aliphatic rings. The first-order valence-corrected chi connectivity index (χ1v) is 10.7. The zero-order chi connectivity index (χ0) is 20.4. The summed E-state index contributed by atoms with van der Waals surface area (Å²) in [7, 11) is 3.64. The lowest BCUT2D eigenvalue weighted by Crippen LogP contribution is -2.09. The Morgan fingerprint density at radius 1 is 1.14 bits per heavy atom. The lowest BCUT2D eigenvalue weighted by atomic mass is 10.2. The van der Waals surface area contributed by atoms with Crippen LogP contribution in [0.2, 0.25) is 5.02 Å². The van der Waals surface area contributed by atoms with Gasteiger partial charge in [-0.15, -0.1) is 11.3 Å². The minimum atomic E-state index is -0.213. The number of thiophene rings is 1. The molecule has 0 radical (unpaired) electrons. The fourth-order valence-corrected chi connectivity index (χ4v) is 4.94. The molecule has 29 heavy (non-hydrogen) atoms. The zero-order valence-corrected chi connectivity index (χ0v) is 18.0. The first-order chi connectivity index (χ1) is 14.1. The lowest BCUT2D eigenvalue weighted by Gasteiger charge is -2.00. The molecule has 0 aliphatic carbocycles. The maximum atomic E-state index is 12.7. The number of anilines is 2. The van der Waals surface area contributed by atoms with Crippen LogP contribution in [0.25, 0.3) is 20.8 Å². The van der Waals surface area contributed by atoms with E-state index in [1.54, 1.807) is 19.3 Å². The van der Waals surface area contributed by atoms with E-state index in [2.05, 4.69) is 30.9 Å². The summed E-state index contributed by atoms with van der Waals surface area (Å²) in [5, 5.41) is 9.98. The summed E-state index contributed by atoms with van der Waals surface area (Å²) in [6, 6.07) is 9.39. The van der Waals surface area contributed by atoms with E-state index in [-0.39, 0.29) is 5.91 Å². The van der Waals surface area contributed by atoms with Crippen molar-refractivity contribution >= 4 is 61.5 Å². The molecule has 0 fully saturated rings. The predicted octanol–water partition coefficient (Wildman–Crippen LogP) is 4.48. The summed E-state index contributed by atoms with van der Waals surface area (Å²) in [5.74, 6) is 0.320. The zero-order valence-electron chi connectivity index (χ0n) is 15.6. The SMILES string of the molecule is CNCc1cc(Cl)c2nc(NC(=O)c3ccc(-c4ccnc(NC)n4)s3)sc2c1. The van der Waals surface area contributed by atoms with E-state index in [0.717, 1.165) is 20.8 Å². The second kappa shape index (κ2) is 8.42. The molecule has 0 atom stereocenters. The second-order valence-electron chi connectivity index (χ2n) is 6.11. The number of amides is 1. The van der Waals surface area contributed by atoms with Crippen molar-refractivity contribution in [2.75, 3.05) is 24.7 Å². The number of hydrogen-bond acceptors (Lipinski definition) is 8. The molecule has 7 nitrogen and oxygen atoms in total. The first kappa shape index (κ1) is 19.7. The Labute approximate surface area is 180 Å². The van der Waals surface area contributed by atoms with E-state index >= 15 is 0 Å². The highest BCUT2D eigenvalue weighted by atomic mass is 35.5. The van der Waals surface area contributed by atoms with Crippen molar-refractivity contribution in [2.24, 2.45) is 0 Å². The van der Waals surface area contributed by atoms with Crippen molar-refractivity contribution in [3.63, 3.8) is 0 Å². The molecule has 3 aromatic heterocycles. The molecule has 0 saturated heterocycles. The fraction of sp³-hybridized carbons (Fsp3) is 0.158. The van der Waals surface area contributed by atoms with E-state index in [1.807, 2.05) is 31.3 Å². The minimum Gasteiger partial charge on any atom is -0.357 e. The summed E-state index contributed by atoms with van der Waals surface area (Å²) in [5.41, 5.74) is 2.52. The maximum Gasteiger partial charge on any atom is 0.267 e. The molecule has 10 heteroatoms. The van der Waals surface area contributed by atoms with Crippen LogP contribution in [0.1, 0.15) is 15.2 Å². The van der Waals surface area contributed by atoms with E-state index in [0.29, 0.717) is 33.0 Å². The standard InChI is InChI=1S/C19H17ClN6OS2/c1-21-9-10-7-11(20)16-15(8-10)29-19(25-16)26-17(27)14-4-3-13(28-14)12-5-6-23-18(22-2)24-12/h3-8,21H,9H2,1-2H3,(H,22,23,24)(H,25,26,27). The van der Waals surface area contributed by atoms with Gasteiger partial charge in [-0.2, -0.15) is 0 Å². The predicted molar refractivity (Wildman–Crippen MR) is 120 cm³/mol. The number of hydrogen-bond donors (Lipinski definition) is 3. The van der Waals surface area contributed by atoms with Crippen molar-refractivity contribution in [2.45, 2.75) is 6.54 Å². The van der Waals surface area contributed by atoms with Crippen molar-refractivity contribution in [1.29, 1.82) is 0 Å². The van der Waals surface area contributed by atoms with Gasteiger partial charge in [0.2, 0.25) is 5.95 Å². The summed E-state index contributed by atoms with van der Waals surface area (Å²) in [6.07, 6.45) is 1.68. The van der Waals surface area contributed by atoms with Gasteiger partial charge in [0.25, 0.3) is 5.91 Å². The van der Waals surface area contributed by atoms with Gasteiger partial charge in [0.15, 0.2) is 5.13 Å². The lowest BCUT2D eigenvalue weighted by molar-refractivity contribution is 0.103. The van der Waals surface area contributed by atoms with Crippen LogP contribution >= 0.6 is 34.3 Å². The van der Waals surface area contributed by atoms with Crippen LogP contribution in [0.15, 0.2) is 36.5 Å². The third-order valence-corrected chi connectivity index (χ3v) is 6.38. The van der Waals surface area contributed by atoms with Crippen LogP contribution in [0, 0.1) is 0 Å². The third kappa shape index (κ3) is 4.23. The van der Waals surface area contributed by atoms with E-state index in [4.69, 9.17) is 11.6 Å². The molecule has 0 bridgehead atoms. The van der Waals surface area contributed by atoms with Crippen molar-refractivity contribution in [3.8, 4) is 10.6 Å². The molecular formula is C19H17ClN6OS2. The number of nitrogens with one attached hydrogen (secondary N) is 3. The number of carbonyl (C=O) groups excluding carboxylic acids is 1. The van der Waals surface area contributed by atoms with Gasteiger partial charge in [-0.05, 0) is 42.9 Å². The molecule has 4 rings (SSSR count). The molecule has 1 aromatic carbocycles. The maximum absolute atomic E-state index is 12.7. The summed E-state index contributed by atoms with van der Waals surface area (Å²) >= 11 is 9.12. The van der Waals surface area contributed by atoms with Crippen molar-refractivity contribution in [1.82, 2.24) is 20.3 Å². The normalized spacial score (nSPS) is 11.0. The van der Waals surface area contributed by atoms with Gasteiger partial charge in [-0.1, -0.05) is 22.9 Å². The third-order valence-electron chi connectivity index (χ3n) is 4.07. The Kier molecular flexibility index (Phi) is 5.72. The topological polar surface area (TPSA) is 91.8 Å². The number of halogens is 1. The second-order valence-corrected chi connectivity index (χ2v) is 8.63. The highest BCUT2D eigenvalue weighted by Crippen LogP contribution is 2.33. The molecule has 0 aliphatic heterocycles. The number of fused-ring (bicyclic) bond motifs is 1. The van der Waals surface area contributed by atoms with Crippen LogP contribution in [0.3, 0.4) is 0 Å². The number of nitrogens with zero attached hydrogens (tertiary/aromatic N) is 3. The average molecular weight is 445 g/mol. The highest BCUT2D eigenvalue weighted by Gasteiger charge is 2.15. The van der Waals surface area contributed by atoms with Crippen molar-refractivity contribution in [3.05, 3.63) is 52.0 Å². The van der Waals surface area contributed by atoms with E-state index in [1.165, 1.54) is 22.7 Å². The Bertz CT molecular complexity index is 1190. The molecule has 0 unspecified atom stereocenters. The van der Waals surface area contributed by atoms with Gasteiger partial charge in [-0.25, -0.2) is 15.0 Å². The van der Waals surface area contributed by atoms with Crippen LogP contribution in [0.4, 0.5) is 11.1 Å². The van der Waals surface area contributed by atoms with Gasteiger partial charge in [0.1, 0.15) is 5.52 Å². The quantitative estimate of drug-likeness (QED) is 0.406. The smallest absolute Gasteiger partial charge is 0.267 e. The summed E-state index contributed by atoms with van der Waals surface area (Å²) < 4.78 is 0.936. The number of benzene rings is 1. The van der Waals surface area contributed by atoms with Gasteiger partial charge in [-0.3, -0.25) is 10.1 Å². The van der Waals surface area contributed by atoms with Crippen LogP contribution in [-0.2, 0) is 6.54 Å². The Morgan fingerprint density at radius 2 is 2.00 bits per heavy atom. The number of rotatable bonds is 6. The van der Waals surface area contributed by atoms with Crippen LogP contribution in [-0.4, -0.2) is 35.0 Å². The largest absolute Gasteiger partial charge is 0.357 e. The summed E-state index contributed by atoms with van der Waals surface area (Å²) in [4.78, 5) is 27.1. The number of aromatic nitrogens is 3. The summed E-state index contributed by atoms with van der Waals surface area (Å²) in [6.45, 7) is 0.714. The fourth-order valence-electron chi connectivity index (χ4n) is 2.77. The van der Waals surface area contributed by atoms with E-state index < -0.39 is 0 Å². The van der Waals surface area contributed by atoms with Gasteiger partial charge in [0.05, 0.1) is 25.2 Å². The Balaban J connectivity index is 1.55. The number of carbonyl (C=O) groups is 1. The van der Waals surface area contributed by atoms with Crippen molar-refractivity contribution < 1.29 is 4.79 Å². The monoisotopic (exact) mass is 444 g/mol. The molecule has 0 saturated carbocycles. The molecule has 3 heterocycles. The molecule has 0 spiro atoms. The molecular weight excluding hydrogens is 428 g/mol. The molecule has 148 valence electrons. The Hall–Kier alpha value is -2.59. The number of thiazole rings is 1. The molecule has 3 N–H and O–H groups in total.